The molecule has 0 bridgehead atoms. The van der Waals surface area contributed by atoms with Gasteiger partial charge in [-0.1, -0.05) is 43.3 Å². The Morgan fingerprint density at radius 1 is 1.33 bits per heavy atom. The first-order valence-electron chi connectivity index (χ1n) is 5.48. The number of nitrogens with zero attached hydrogens (tertiary/aromatic N) is 1. The maximum Gasteiger partial charge on any atom is 0.0908 e. The first-order valence-corrected chi connectivity index (χ1v) is 5.48. The van der Waals surface area contributed by atoms with Gasteiger partial charge in [0.25, 0.3) is 0 Å². The molecule has 0 spiro atoms. The molecule has 1 nitrogen and oxygen atoms in total. The van der Waals surface area contributed by atoms with Gasteiger partial charge in [0.15, 0.2) is 0 Å². The second-order valence-electron chi connectivity index (χ2n) is 3.62. The van der Waals surface area contributed by atoms with Gasteiger partial charge in [0.1, 0.15) is 0 Å². The molecule has 0 heterocycles. The van der Waals surface area contributed by atoms with Crippen LogP contribution in [-0.2, 0) is 0 Å². The first-order chi connectivity index (χ1) is 7.38. The Bertz CT molecular complexity index is 332. The van der Waals surface area contributed by atoms with Crippen LogP contribution < -0.4 is 0 Å². The molecular formula is C14H17N. The van der Waals surface area contributed by atoms with Crippen molar-refractivity contribution in [1.29, 1.82) is 5.26 Å². The molecule has 78 valence electrons. The summed E-state index contributed by atoms with van der Waals surface area (Å²) in [6.45, 7) is 2.21. The van der Waals surface area contributed by atoms with Gasteiger partial charge in [0.2, 0.25) is 0 Å². The van der Waals surface area contributed by atoms with Crippen molar-refractivity contribution in [1.82, 2.24) is 0 Å². The second kappa shape index (κ2) is 6.84. The standard InChI is InChI=1S/C14H17N/c1-2-13(9-7-4-8-12-15)14-10-5-3-6-11-14/h3-6,8,10-11,13H,2,7,9H2,1H3/b8-4+. The summed E-state index contributed by atoms with van der Waals surface area (Å²) in [5.74, 6) is 0.620. The molecule has 1 unspecified atom stereocenters. The molecule has 0 saturated carbocycles. The molecule has 1 aromatic rings. The second-order valence-corrected chi connectivity index (χ2v) is 3.62. The van der Waals surface area contributed by atoms with E-state index < -0.39 is 0 Å². The Hall–Kier alpha value is -1.55. The highest BCUT2D eigenvalue weighted by Gasteiger charge is 2.06. The average molecular weight is 199 g/mol. The van der Waals surface area contributed by atoms with Gasteiger partial charge in [0.05, 0.1) is 6.07 Å². The largest absolute Gasteiger partial charge is 0.193 e. The highest BCUT2D eigenvalue weighted by atomic mass is 14.2. The zero-order valence-electron chi connectivity index (χ0n) is 9.19. The van der Waals surface area contributed by atoms with E-state index in [4.69, 9.17) is 5.26 Å². The molecule has 0 amide bonds. The van der Waals surface area contributed by atoms with E-state index in [1.807, 2.05) is 18.2 Å². The summed E-state index contributed by atoms with van der Waals surface area (Å²) in [5.41, 5.74) is 1.41. The van der Waals surface area contributed by atoms with Crippen molar-refractivity contribution >= 4 is 0 Å². The lowest BCUT2D eigenvalue weighted by atomic mass is 9.92. The van der Waals surface area contributed by atoms with E-state index in [1.54, 1.807) is 6.08 Å². The minimum atomic E-state index is 0.620. The molecule has 0 aliphatic rings. The lowest BCUT2D eigenvalue weighted by Crippen LogP contribution is -1.96. The minimum Gasteiger partial charge on any atom is -0.193 e. The maximum atomic E-state index is 8.37. The summed E-state index contributed by atoms with van der Waals surface area (Å²) in [6, 6.07) is 12.6. The van der Waals surface area contributed by atoms with Crippen molar-refractivity contribution in [3.05, 3.63) is 48.0 Å². The number of nitriles is 1. The number of allylic oxidation sites excluding steroid dienone is 2. The van der Waals surface area contributed by atoms with Crippen molar-refractivity contribution in [3.8, 4) is 6.07 Å². The molecule has 0 aliphatic heterocycles. The zero-order chi connectivity index (χ0) is 10.9. The van der Waals surface area contributed by atoms with Crippen molar-refractivity contribution in [2.75, 3.05) is 0 Å². The zero-order valence-corrected chi connectivity index (χ0v) is 9.19. The number of benzene rings is 1. The summed E-state index contributed by atoms with van der Waals surface area (Å²) in [4.78, 5) is 0. The van der Waals surface area contributed by atoms with Crippen LogP contribution in [0.3, 0.4) is 0 Å². The molecule has 1 aromatic carbocycles. The Balaban J connectivity index is 2.51. The van der Waals surface area contributed by atoms with Crippen molar-refractivity contribution in [2.24, 2.45) is 0 Å². The fourth-order valence-corrected chi connectivity index (χ4v) is 1.77. The maximum absolute atomic E-state index is 8.37. The first kappa shape index (κ1) is 11.5. The van der Waals surface area contributed by atoms with Gasteiger partial charge >= 0.3 is 0 Å². The van der Waals surface area contributed by atoms with Gasteiger partial charge in [-0.25, -0.2) is 0 Å². The molecular weight excluding hydrogens is 182 g/mol. The summed E-state index contributed by atoms with van der Waals surface area (Å²) < 4.78 is 0. The molecule has 1 heteroatoms. The summed E-state index contributed by atoms with van der Waals surface area (Å²) in [5, 5.41) is 8.37. The van der Waals surface area contributed by atoms with Crippen LogP contribution in [0, 0.1) is 11.3 Å². The normalized spacial score (nSPS) is 12.5. The summed E-state index contributed by atoms with van der Waals surface area (Å²) in [6.07, 6.45) is 6.79. The van der Waals surface area contributed by atoms with E-state index in [-0.39, 0.29) is 0 Å². The van der Waals surface area contributed by atoms with Gasteiger partial charge in [-0.15, -0.1) is 0 Å². The summed E-state index contributed by atoms with van der Waals surface area (Å²) >= 11 is 0. The van der Waals surface area contributed by atoms with Crippen molar-refractivity contribution in [3.63, 3.8) is 0 Å². The number of hydrogen-bond donors (Lipinski definition) is 0. The third kappa shape index (κ3) is 3.99. The summed E-state index contributed by atoms with van der Waals surface area (Å²) in [7, 11) is 0. The number of rotatable bonds is 5. The Labute approximate surface area is 92.1 Å². The van der Waals surface area contributed by atoms with Crippen LogP contribution in [0.4, 0.5) is 0 Å². The van der Waals surface area contributed by atoms with Gasteiger partial charge in [-0.05, 0) is 30.7 Å². The highest BCUT2D eigenvalue weighted by Crippen LogP contribution is 2.24. The Kier molecular flexibility index (Phi) is 5.25. The molecule has 0 saturated heterocycles. The molecule has 0 radical (unpaired) electrons. The van der Waals surface area contributed by atoms with Crippen molar-refractivity contribution in [2.45, 2.75) is 32.1 Å². The average Bonchev–Trinajstić information content (AvgIpc) is 2.30. The van der Waals surface area contributed by atoms with Crippen LogP contribution in [0.5, 0.6) is 0 Å². The van der Waals surface area contributed by atoms with E-state index >= 15 is 0 Å². The smallest absolute Gasteiger partial charge is 0.0908 e. The Morgan fingerprint density at radius 3 is 2.67 bits per heavy atom. The van der Waals surface area contributed by atoms with E-state index in [9.17, 15) is 0 Å². The van der Waals surface area contributed by atoms with E-state index in [1.165, 1.54) is 5.56 Å². The molecule has 0 N–H and O–H groups in total. The van der Waals surface area contributed by atoms with Gasteiger partial charge in [-0.2, -0.15) is 5.26 Å². The minimum absolute atomic E-state index is 0.620. The van der Waals surface area contributed by atoms with Crippen LogP contribution in [-0.4, -0.2) is 0 Å². The van der Waals surface area contributed by atoms with Gasteiger partial charge < -0.3 is 0 Å². The van der Waals surface area contributed by atoms with Crippen LogP contribution in [0.1, 0.15) is 37.7 Å². The lowest BCUT2D eigenvalue weighted by molar-refractivity contribution is 0.613. The van der Waals surface area contributed by atoms with Crippen LogP contribution in [0.2, 0.25) is 0 Å². The molecule has 0 aromatic heterocycles. The third-order valence-corrected chi connectivity index (χ3v) is 2.64. The van der Waals surface area contributed by atoms with Gasteiger partial charge in [-0.3, -0.25) is 0 Å². The predicted molar refractivity (Wildman–Crippen MR) is 63.5 cm³/mol. The molecule has 0 fully saturated rings. The lowest BCUT2D eigenvalue weighted by Gasteiger charge is -2.13. The monoisotopic (exact) mass is 199 g/mol. The highest BCUT2D eigenvalue weighted by molar-refractivity contribution is 5.19. The molecule has 15 heavy (non-hydrogen) atoms. The third-order valence-electron chi connectivity index (χ3n) is 2.64. The van der Waals surface area contributed by atoms with E-state index in [0.717, 1.165) is 19.3 Å². The SMILES string of the molecule is CCC(CC/C=C/C#N)c1ccccc1. The fourth-order valence-electron chi connectivity index (χ4n) is 1.77. The quantitative estimate of drug-likeness (QED) is 0.656. The molecule has 1 atom stereocenters. The van der Waals surface area contributed by atoms with Crippen LogP contribution in [0.25, 0.3) is 0 Å². The predicted octanol–water partition coefficient (Wildman–Crippen LogP) is 4.04. The van der Waals surface area contributed by atoms with E-state index in [2.05, 4.69) is 31.2 Å². The van der Waals surface area contributed by atoms with E-state index in [0.29, 0.717) is 5.92 Å². The van der Waals surface area contributed by atoms with Gasteiger partial charge in [0, 0.05) is 6.08 Å². The van der Waals surface area contributed by atoms with Crippen LogP contribution in [0.15, 0.2) is 42.5 Å². The Morgan fingerprint density at radius 2 is 2.07 bits per heavy atom. The topological polar surface area (TPSA) is 23.8 Å². The molecule has 0 aliphatic carbocycles. The molecule has 1 rings (SSSR count). The fraction of sp³-hybridized carbons (Fsp3) is 0.357. The van der Waals surface area contributed by atoms with Crippen LogP contribution >= 0.6 is 0 Å². The van der Waals surface area contributed by atoms with Crippen molar-refractivity contribution < 1.29 is 0 Å². The number of hydrogen-bond acceptors (Lipinski definition) is 1.